The summed E-state index contributed by atoms with van der Waals surface area (Å²) in [5.74, 6) is 0.920. The van der Waals surface area contributed by atoms with E-state index in [2.05, 4.69) is 24.4 Å². The predicted octanol–water partition coefficient (Wildman–Crippen LogP) is 2.13. The van der Waals surface area contributed by atoms with Gasteiger partial charge in [-0.05, 0) is 31.5 Å². The lowest BCUT2D eigenvalue weighted by molar-refractivity contribution is -0.0287. The SMILES string of the molecule is CCOc1ccc(C2CNCC(C)O2)cc1. The number of hydrogen-bond acceptors (Lipinski definition) is 3. The lowest BCUT2D eigenvalue weighted by Crippen LogP contribution is -2.38. The number of hydrogen-bond donors (Lipinski definition) is 1. The number of ether oxygens (including phenoxy) is 2. The molecule has 0 amide bonds. The average molecular weight is 221 g/mol. The summed E-state index contributed by atoms with van der Waals surface area (Å²) >= 11 is 0. The van der Waals surface area contributed by atoms with Gasteiger partial charge in [0.1, 0.15) is 5.75 Å². The molecule has 0 radical (unpaired) electrons. The van der Waals surface area contributed by atoms with Crippen LogP contribution in [-0.2, 0) is 4.74 Å². The molecule has 0 aromatic heterocycles. The van der Waals surface area contributed by atoms with E-state index >= 15 is 0 Å². The first-order valence-electron chi connectivity index (χ1n) is 5.88. The van der Waals surface area contributed by atoms with Gasteiger partial charge in [-0.1, -0.05) is 12.1 Å². The van der Waals surface area contributed by atoms with Crippen LogP contribution >= 0.6 is 0 Å². The Kier molecular flexibility index (Phi) is 3.80. The highest BCUT2D eigenvalue weighted by Gasteiger charge is 2.19. The minimum absolute atomic E-state index is 0.166. The lowest BCUT2D eigenvalue weighted by Gasteiger charge is -2.29. The molecule has 2 atom stereocenters. The molecule has 0 saturated carbocycles. The molecule has 0 spiro atoms. The zero-order valence-electron chi connectivity index (χ0n) is 9.90. The molecule has 3 nitrogen and oxygen atoms in total. The molecule has 1 aliphatic heterocycles. The summed E-state index contributed by atoms with van der Waals surface area (Å²) in [6.45, 7) is 6.61. The Morgan fingerprint density at radius 1 is 1.31 bits per heavy atom. The molecule has 88 valence electrons. The summed E-state index contributed by atoms with van der Waals surface area (Å²) in [6.07, 6.45) is 0.449. The Labute approximate surface area is 96.8 Å². The van der Waals surface area contributed by atoms with E-state index in [9.17, 15) is 0 Å². The van der Waals surface area contributed by atoms with Gasteiger partial charge in [-0.2, -0.15) is 0 Å². The van der Waals surface area contributed by atoms with Gasteiger partial charge in [-0.15, -0.1) is 0 Å². The van der Waals surface area contributed by atoms with E-state index in [4.69, 9.17) is 9.47 Å². The lowest BCUT2D eigenvalue weighted by atomic mass is 10.1. The standard InChI is InChI=1S/C13H19NO2/c1-3-15-12-6-4-11(5-7-12)13-9-14-8-10(2)16-13/h4-7,10,13-14H,3,8-9H2,1-2H3. The van der Waals surface area contributed by atoms with Crippen molar-refractivity contribution >= 4 is 0 Å². The first-order valence-corrected chi connectivity index (χ1v) is 5.88. The Morgan fingerprint density at radius 2 is 2.06 bits per heavy atom. The summed E-state index contributed by atoms with van der Waals surface area (Å²) < 4.78 is 11.3. The van der Waals surface area contributed by atoms with E-state index in [-0.39, 0.29) is 12.2 Å². The largest absolute Gasteiger partial charge is 0.494 e. The quantitative estimate of drug-likeness (QED) is 0.848. The molecule has 2 unspecified atom stereocenters. The fraction of sp³-hybridized carbons (Fsp3) is 0.538. The second-order valence-corrected chi connectivity index (χ2v) is 4.10. The van der Waals surface area contributed by atoms with Gasteiger partial charge >= 0.3 is 0 Å². The zero-order valence-corrected chi connectivity index (χ0v) is 9.90. The normalized spacial score (nSPS) is 25.4. The molecule has 1 N–H and O–H groups in total. The van der Waals surface area contributed by atoms with Gasteiger partial charge in [-0.25, -0.2) is 0 Å². The van der Waals surface area contributed by atoms with E-state index in [0.29, 0.717) is 6.61 Å². The van der Waals surface area contributed by atoms with E-state index < -0.39 is 0 Å². The van der Waals surface area contributed by atoms with Gasteiger partial charge in [0.05, 0.1) is 18.8 Å². The maximum Gasteiger partial charge on any atom is 0.119 e. The van der Waals surface area contributed by atoms with Crippen LogP contribution in [-0.4, -0.2) is 25.8 Å². The number of rotatable bonds is 3. The van der Waals surface area contributed by atoms with Crippen LogP contribution in [0.25, 0.3) is 0 Å². The van der Waals surface area contributed by atoms with E-state index in [0.717, 1.165) is 18.8 Å². The monoisotopic (exact) mass is 221 g/mol. The minimum Gasteiger partial charge on any atom is -0.494 e. The first kappa shape index (κ1) is 11.4. The third-order valence-electron chi connectivity index (χ3n) is 2.72. The molecule has 1 heterocycles. The molecule has 0 aliphatic carbocycles. The van der Waals surface area contributed by atoms with Crippen LogP contribution in [0.4, 0.5) is 0 Å². The number of morpholine rings is 1. The van der Waals surface area contributed by atoms with Gasteiger partial charge in [0, 0.05) is 13.1 Å². The molecule has 1 aromatic rings. The second-order valence-electron chi connectivity index (χ2n) is 4.10. The highest BCUT2D eigenvalue weighted by Crippen LogP contribution is 2.23. The third kappa shape index (κ3) is 2.74. The van der Waals surface area contributed by atoms with Crippen LogP contribution in [0.1, 0.15) is 25.5 Å². The Morgan fingerprint density at radius 3 is 2.69 bits per heavy atom. The minimum atomic E-state index is 0.166. The molecule has 1 aromatic carbocycles. The van der Waals surface area contributed by atoms with Crippen molar-refractivity contribution in [2.75, 3.05) is 19.7 Å². The van der Waals surface area contributed by atoms with Gasteiger partial charge in [0.15, 0.2) is 0 Å². The summed E-state index contributed by atoms with van der Waals surface area (Å²) in [5.41, 5.74) is 1.21. The number of nitrogens with one attached hydrogen (secondary N) is 1. The van der Waals surface area contributed by atoms with Crippen LogP contribution in [0.15, 0.2) is 24.3 Å². The van der Waals surface area contributed by atoms with Crippen molar-refractivity contribution in [2.45, 2.75) is 26.1 Å². The topological polar surface area (TPSA) is 30.5 Å². The zero-order chi connectivity index (χ0) is 11.4. The molecular formula is C13H19NO2. The summed E-state index contributed by atoms with van der Waals surface area (Å²) in [5, 5.41) is 3.37. The van der Waals surface area contributed by atoms with Crippen molar-refractivity contribution < 1.29 is 9.47 Å². The van der Waals surface area contributed by atoms with E-state index in [1.165, 1.54) is 5.56 Å². The Hall–Kier alpha value is -1.06. The number of benzene rings is 1. The molecule has 1 aliphatic rings. The van der Waals surface area contributed by atoms with Crippen molar-refractivity contribution in [3.63, 3.8) is 0 Å². The summed E-state index contributed by atoms with van der Waals surface area (Å²) in [7, 11) is 0. The van der Waals surface area contributed by atoms with E-state index in [1.54, 1.807) is 0 Å². The second kappa shape index (κ2) is 5.32. The highest BCUT2D eigenvalue weighted by molar-refractivity contribution is 5.29. The molecule has 1 saturated heterocycles. The maximum absolute atomic E-state index is 5.87. The fourth-order valence-electron chi connectivity index (χ4n) is 1.94. The smallest absolute Gasteiger partial charge is 0.119 e. The highest BCUT2D eigenvalue weighted by atomic mass is 16.5. The van der Waals surface area contributed by atoms with Crippen molar-refractivity contribution in [3.8, 4) is 5.75 Å². The summed E-state index contributed by atoms with van der Waals surface area (Å²) in [4.78, 5) is 0. The van der Waals surface area contributed by atoms with Crippen molar-refractivity contribution in [3.05, 3.63) is 29.8 Å². The van der Waals surface area contributed by atoms with Gasteiger partial charge in [0.2, 0.25) is 0 Å². The third-order valence-corrected chi connectivity index (χ3v) is 2.72. The van der Waals surface area contributed by atoms with Gasteiger partial charge in [0.25, 0.3) is 0 Å². The van der Waals surface area contributed by atoms with Crippen molar-refractivity contribution in [1.29, 1.82) is 0 Å². The van der Waals surface area contributed by atoms with Gasteiger partial charge in [-0.3, -0.25) is 0 Å². The van der Waals surface area contributed by atoms with Crippen LogP contribution in [0.5, 0.6) is 5.75 Å². The Balaban J connectivity index is 2.03. The molecule has 0 bridgehead atoms. The molecule has 1 fully saturated rings. The van der Waals surface area contributed by atoms with Crippen LogP contribution < -0.4 is 10.1 Å². The summed E-state index contributed by atoms with van der Waals surface area (Å²) in [6, 6.07) is 8.16. The Bertz CT molecular complexity index is 323. The van der Waals surface area contributed by atoms with Crippen LogP contribution in [0.2, 0.25) is 0 Å². The fourth-order valence-corrected chi connectivity index (χ4v) is 1.94. The first-order chi connectivity index (χ1) is 7.79. The predicted molar refractivity (Wildman–Crippen MR) is 63.8 cm³/mol. The molecular weight excluding hydrogens is 202 g/mol. The van der Waals surface area contributed by atoms with E-state index in [1.807, 2.05) is 19.1 Å². The molecule has 16 heavy (non-hydrogen) atoms. The maximum atomic E-state index is 5.87. The van der Waals surface area contributed by atoms with Crippen molar-refractivity contribution in [1.82, 2.24) is 5.32 Å². The molecule has 3 heteroatoms. The van der Waals surface area contributed by atoms with Crippen molar-refractivity contribution in [2.24, 2.45) is 0 Å². The average Bonchev–Trinajstić information content (AvgIpc) is 2.30. The molecule has 2 rings (SSSR count). The van der Waals surface area contributed by atoms with Crippen LogP contribution in [0.3, 0.4) is 0 Å². The van der Waals surface area contributed by atoms with Gasteiger partial charge < -0.3 is 14.8 Å². The van der Waals surface area contributed by atoms with Crippen LogP contribution in [0, 0.1) is 0 Å².